The number of carbonyl (C=O) groups excluding carboxylic acids is 2. The second-order valence-corrected chi connectivity index (χ2v) is 11.3. The number of likely N-dealkylation sites (N-methyl/N-ethyl adjacent to an activating group) is 1. The van der Waals surface area contributed by atoms with Crippen molar-refractivity contribution < 1.29 is 22.7 Å². The van der Waals surface area contributed by atoms with E-state index in [2.05, 4.69) is 10.2 Å². The molecule has 9 nitrogen and oxygen atoms in total. The van der Waals surface area contributed by atoms with Gasteiger partial charge in [0.25, 0.3) is 0 Å². The molecule has 2 aromatic rings. The number of benzene rings is 2. The lowest BCUT2D eigenvalue weighted by Crippen LogP contribution is -2.56. The van der Waals surface area contributed by atoms with Gasteiger partial charge in [0.2, 0.25) is 10.0 Å². The third kappa shape index (κ3) is 5.41. The first-order chi connectivity index (χ1) is 17.6. The van der Waals surface area contributed by atoms with E-state index in [4.69, 9.17) is 4.74 Å². The topological polar surface area (TPSA) is 99.3 Å². The maximum atomic E-state index is 13.2. The minimum absolute atomic E-state index is 0.209. The van der Waals surface area contributed by atoms with Crippen LogP contribution in [-0.2, 0) is 19.6 Å². The predicted molar refractivity (Wildman–Crippen MR) is 140 cm³/mol. The minimum Gasteiger partial charge on any atom is -0.463 e. The number of hydrogen-bond acceptors (Lipinski definition) is 6. The van der Waals surface area contributed by atoms with Crippen LogP contribution in [0.15, 0.2) is 70.8 Å². The van der Waals surface area contributed by atoms with Crippen molar-refractivity contribution in [1.29, 1.82) is 0 Å². The number of nitrogens with zero attached hydrogens (tertiary/aromatic N) is 3. The molecular formula is C27H34N4O5S. The zero-order valence-corrected chi connectivity index (χ0v) is 22.5. The molecule has 2 heterocycles. The largest absolute Gasteiger partial charge is 0.463 e. The van der Waals surface area contributed by atoms with Crippen molar-refractivity contribution in [2.45, 2.75) is 37.8 Å². The molecule has 0 aliphatic carbocycles. The van der Waals surface area contributed by atoms with Crippen LogP contribution >= 0.6 is 0 Å². The lowest BCUT2D eigenvalue weighted by Gasteiger charge is -2.41. The van der Waals surface area contributed by atoms with Crippen LogP contribution in [0.4, 0.5) is 4.79 Å². The highest BCUT2D eigenvalue weighted by Gasteiger charge is 2.39. The quantitative estimate of drug-likeness (QED) is 0.557. The third-order valence-electron chi connectivity index (χ3n) is 6.95. The molecule has 1 N–H and O–H groups in total. The molecular weight excluding hydrogens is 492 g/mol. The number of carbonyl (C=O) groups is 2. The normalized spacial score (nSPS) is 21.6. The van der Waals surface area contributed by atoms with Crippen molar-refractivity contribution in [2.24, 2.45) is 0 Å². The van der Waals surface area contributed by atoms with Gasteiger partial charge in [0.15, 0.2) is 0 Å². The van der Waals surface area contributed by atoms with Crippen molar-refractivity contribution in [3.8, 4) is 0 Å². The Kier molecular flexibility index (Phi) is 8.01. The average molecular weight is 527 g/mol. The average Bonchev–Trinajstić information content (AvgIpc) is 2.87. The van der Waals surface area contributed by atoms with Gasteiger partial charge in [-0.1, -0.05) is 42.5 Å². The lowest BCUT2D eigenvalue weighted by atomic mass is 9.91. The molecule has 0 bridgehead atoms. The summed E-state index contributed by atoms with van der Waals surface area (Å²) in [4.78, 5) is 30.0. The summed E-state index contributed by atoms with van der Waals surface area (Å²) < 4.78 is 33.4. The van der Waals surface area contributed by atoms with Gasteiger partial charge in [-0.3, -0.25) is 9.80 Å². The number of esters is 1. The molecule has 2 atom stereocenters. The van der Waals surface area contributed by atoms with Gasteiger partial charge in [-0.15, -0.1) is 0 Å². The van der Waals surface area contributed by atoms with E-state index in [9.17, 15) is 18.0 Å². The maximum Gasteiger partial charge on any atom is 0.338 e. The van der Waals surface area contributed by atoms with E-state index in [0.717, 1.165) is 11.1 Å². The van der Waals surface area contributed by atoms with Crippen LogP contribution in [0.3, 0.4) is 0 Å². The Morgan fingerprint density at radius 3 is 2.41 bits per heavy atom. The van der Waals surface area contributed by atoms with Gasteiger partial charge in [-0.05, 0) is 44.0 Å². The first kappa shape index (κ1) is 26.8. The summed E-state index contributed by atoms with van der Waals surface area (Å²) in [6, 6.07) is 14.8. The molecule has 2 aliphatic heterocycles. The van der Waals surface area contributed by atoms with E-state index in [1.54, 1.807) is 44.3 Å². The molecule has 0 unspecified atom stereocenters. The van der Waals surface area contributed by atoms with Gasteiger partial charge in [-0.2, -0.15) is 4.31 Å². The Balaban J connectivity index is 1.64. The number of hydrogen-bond donors (Lipinski definition) is 1. The van der Waals surface area contributed by atoms with Crippen LogP contribution in [0.2, 0.25) is 0 Å². The van der Waals surface area contributed by atoms with Gasteiger partial charge in [0.05, 0.1) is 23.1 Å². The molecule has 2 amide bonds. The minimum atomic E-state index is -3.62. The molecule has 2 aliphatic rings. The Morgan fingerprint density at radius 2 is 1.76 bits per heavy atom. The molecule has 0 aromatic heterocycles. The van der Waals surface area contributed by atoms with E-state index >= 15 is 0 Å². The molecule has 1 saturated heterocycles. The van der Waals surface area contributed by atoms with E-state index in [0.29, 0.717) is 37.4 Å². The van der Waals surface area contributed by atoms with Gasteiger partial charge in [0.1, 0.15) is 0 Å². The zero-order chi connectivity index (χ0) is 26.7. The van der Waals surface area contributed by atoms with Gasteiger partial charge >= 0.3 is 12.0 Å². The van der Waals surface area contributed by atoms with Crippen molar-refractivity contribution in [3.63, 3.8) is 0 Å². The standard InChI is InChI=1S/C27H34N4O5S/c1-5-36-26(32)24-23(29(4)27(33)28-25(24)22-14-10-9-11-19(22)2)18-30-15-16-31(20(3)17-30)37(34,35)21-12-7-6-8-13-21/h6-14,20,25H,5,15-18H2,1-4H3,(H,28,33)/t20-,25+/m0/s1. The van der Waals surface area contributed by atoms with Crippen LogP contribution in [-0.4, -0.2) is 80.4 Å². The molecule has 0 radical (unpaired) electrons. The predicted octanol–water partition coefficient (Wildman–Crippen LogP) is 2.90. The summed E-state index contributed by atoms with van der Waals surface area (Å²) in [6.07, 6.45) is 0. The van der Waals surface area contributed by atoms with Gasteiger partial charge in [-0.25, -0.2) is 18.0 Å². The second kappa shape index (κ2) is 11.0. The van der Waals surface area contributed by atoms with E-state index in [1.165, 1.54) is 9.21 Å². The van der Waals surface area contributed by atoms with E-state index in [-0.39, 0.29) is 23.6 Å². The fraction of sp³-hybridized carbons (Fsp3) is 0.407. The fourth-order valence-corrected chi connectivity index (χ4v) is 6.63. The number of ether oxygens (including phenoxy) is 1. The lowest BCUT2D eigenvalue weighted by molar-refractivity contribution is -0.139. The number of piperazine rings is 1. The fourth-order valence-electron chi connectivity index (χ4n) is 5.00. The SMILES string of the molecule is CCOC(=O)C1=C(CN2CCN(S(=O)(=O)c3ccccc3)[C@@H](C)C2)N(C)C(=O)N[C@@H]1c1ccccc1C. The molecule has 0 spiro atoms. The van der Waals surface area contributed by atoms with Crippen LogP contribution in [0.1, 0.15) is 31.0 Å². The summed E-state index contributed by atoms with van der Waals surface area (Å²) in [5.74, 6) is -0.476. The monoisotopic (exact) mass is 526 g/mol. The number of amides is 2. The molecule has 1 fully saturated rings. The summed E-state index contributed by atoms with van der Waals surface area (Å²) in [5, 5.41) is 2.96. The highest BCUT2D eigenvalue weighted by Crippen LogP contribution is 2.33. The first-order valence-corrected chi connectivity index (χ1v) is 13.9. The van der Waals surface area contributed by atoms with Crippen molar-refractivity contribution in [1.82, 2.24) is 19.4 Å². The van der Waals surface area contributed by atoms with Crippen LogP contribution < -0.4 is 5.32 Å². The zero-order valence-electron chi connectivity index (χ0n) is 21.7. The summed E-state index contributed by atoms with van der Waals surface area (Å²) in [5.41, 5.74) is 2.73. The Bertz CT molecular complexity index is 1290. The summed E-state index contributed by atoms with van der Waals surface area (Å²) in [6.45, 7) is 7.30. The molecule has 2 aromatic carbocycles. The highest BCUT2D eigenvalue weighted by molar-refractivity contribution is 7.89. The molecule has 198 valence electrons. The summed E-state index contributed by atoms with van der Waals surface area (Å²) >= 11 is 0. The van der Waals surface area contributed by atoms with Crippen LogP contribution in [0.5, 0.6) is 0 Å². The number of sulfonamides is 1. The van der Waals surface area contributed by atoms with E-state index < -0.39 is 22.0 Å². The highest BCUT2D eigenvalue weighted by atomic mass is 32.2. The Morgan fingerprint density at radius 1 is 1.08 bits per heavy atom. The number of aryl methyl sites for hydroxylation is 1. The first-order valence-electron chi connectivity index (χ1n) is 12.4. The second-order valence-electron chi connectivity index (χ2n) is 9.39. The van der Waals surface area contributed by atoms with Crippen LogP contribution in [0, 0.1) is 6.92 Å². The molecule has 37 heavy (non-hydrogen) atoms. The molecule has 4 rings (SSSR count). The smallest absolute Gasteiger partial charge is 0.338 e. The molecule has 10 heteroatoms. The Labute approximate surface area is 218 Å². The van der Waals surface area contributed by atoms with Crippen molar-refractivity contribution in [2.75, 3.05) is 39.8 Å². The molecule has 0 saturated carbocycles. The van der Waals surface area contributed by atoms with Crippen molar-refractivity contribution >= 4 is 22.0 Å². The number of urea groups is 1. The van der Waals surface area contributed by atoms with Gasteiger partial charge < -0.3 is 10.1 Å². The van der Waals surface area contributed by atoms with Crippen molar-refractivity contribution in [3.05, 3.63) is 77.0 Å². The number of nitrogens with one attached hydrogen (secondary N) is 1. The van der Waals surface area contributed by atoms with Crippen LogP contribution in [0.25, 0.3) is 0 Å². The maximum absolute atomic E-state index is 13.2. The van der Waals surface area contributed by atoms with Gasteiger partial charge in [0, 0.05) is 45.0 Å². The number of rotatable bonds is 7. The summed E-state index contributed by atoms with van der Waals surface area (Å²) in [7, 11) is -1.99. The Hall–Kier alpha value is -3.21. The van der Waals surface area contributed by atoms with E-state index in [1.807, 2.05) is 38.1 Å². The third-order valence-corrected chi connectivity index (χ3v) is 8.97.